The normalized spacial score (nSPS) is 15.2. The molecule has 0 unspecified atom stereocenters. The van der Waals surface area contributed by atoms with E-state index >= 15 is 0 Å². The topological polar surface area (TPSA) is 87.1 Å². The van der Waals surface area contributed by atoms with E-state index in [2.05, 4.69) is 42.1 Å². The Labute approximate surface area is 150 Å². The first-order chi connectivity index (χ1) is 12.7. The molecule has 1 aliphatic heterocycles. The number of nitrogens with zero attached hydrogens (tertiary/aromatic N) is 6. The third-order valence-corrected chi connectivity index (χ3v) is 4.40. The molecule has 132 valence electrons. The molecule has 3 aromatic rings. The summed E-state index contributed by atoms with van der Waals surface area (Å²) in [7, 11) is 2.10. The Hall–Kier alpha value is -3.13. The van der Waals surface area contributed by atoms with Crippen molar-refractivity contribution in [2.75, 3.05) is 43.4 Å². The number of carbonyl (C=O) groups is 1. The monoisotopic (exact) mass is 349 g/mol. The molecule has 4 rings (SSSR count). The summed E-state index contributed by atoms with van der Waals surface area (Å²) < 4.78 is 0. The molecule has 2 aromatic heterocycles. The number of para-hydroxylation sites is 2. The highest BCUT2D eigenvalue weighted by molar-refractivity contribution is 6.03. The summed E-state index contributed by atoms with van der Waals surface area (Å²) >= 11 is 0. The number of amides is 1. The van der Waals surface area contributed by atoms with Crippen molar-refractivity contribution in [1.29, 1.82) is 0 Å². The lowest BCUT2D eigenvalue weighted by Gasteiger charge is -2.33. The number of nitrogens with one attached hydrogen (secondary N) is 1. The van der Waals surface area contributed by atoms with Gasteiger partial charge in [0.25, 0.3) is 5.91 Å². The summed E-state index contributed by atoms with van der Waals surface area (Å²) in [6.07, 6.45) is 2.94. The van der Waals surface area contributed by atoms with Crippen LogP contribution in [0, 0.1) is 0 Å². The minimum Gasteiger partial charge on any atom is -0.354 e. The molecule has 1 saturated heterocycles. The number of fused-ring (bicyclic) bond motifs is 1. The summed E-state index contributed by atoms with van der Waals surface area (Å²) in [4.78, 5) is 34.1. The molecular formula is C18H19N7O. The van der Waals surface area contributed by atoms with Crippen molar-refractivity contribution in [2.45, 2.75) is 0 Å². The van der Waals surface area contributed by atoms with Gasteiger partial charge in [0.05, 0.1) is 17.2 Å². The molecule has 26 heavy (non-hydrogen) atoms. The first-order valence-corrected chi connectivity index (χ1v) is 8.48. The highest BCUT2D eigenvalue weighted by Gasteiger charge is 2.17. The van der Waals surface area contributed by atoms with E-state index in [0.29, 0.717) is 11.3 Å². The molecule has 0 radical (unpaired) electrons. The Morgan fingerprint density at radius 1 is 1.04 bits per heavy atom. The number of anilines is 2. The number of benzene rings is 1. The van der Waals surface area contributed by atoms with Gasteiger partial charge >= 0.3 is 0 Å². The molecule has 1 amide bonds. The van der Waals surface area contributed by atoms with Gasteiger partial charge < -0.3 is 15.1 Å². The molecule has 3 heterocycles. The van der Waals surface area contributed by atoms with Crippen molar-refractivity contribution in [3.8, 4) is 0 Å². The van der Waals surface area contributed by atoms with Crippen LogP contribution in [0.1, 0.15) is 10.5 Å². The number of carbonyl (C=O) groups excluding carboxylic acids is 1. The van der Waals surface area contributed by atoms with Crippen LogP contribution in [0.4, 0.5) is 11.6 Å². The molecule has 0 saturated carbocycles. The third kappa shape index (κ3) is 3.45. The van der Waals surface area contributed by atoms with Gasteiger partial charge in [-0.05, 0) is 19.2 Å². The van der Waals surface area contributed by atoms with Gasteiger partial charge in [0.15, 0.2) is 0 Å². The molecule has 8 heteroatoms. The van der Waals surface area contributed by atoms with Crippen LogP contribution in [-0.4, -0.2) is 64.0 Å². The molecule has 0 bridgehead atoms. The fraction of sp³-hybridized carbons (Fsp3) is 0.278. The summed E-state index contributed by atoms with van der Waals surface area (Å²) in [6, 6.07) is 9.23. The zero-order valence-corrected chi connectivity index (χ0v) is 14.5. The first-order valence-electron chi connectivity index (χ1n) is 8.48. The molecule has 0 aliphatic carbocycles. The standard InChI is InChI=1S/C18H19N7O/c1-24-6-8-25(9-7-24)17-10-16(20-12-21-17)23-18(26)15-11-19-13-4-2-3-5-14(13)22-15/h2-5,10-12H,6-9H2,1H3,(H,20,21,23,26). The van der Waals surface area contributed by atoms with Crippen LogP contribution in [0.15, 0.2) is 42.9 Å². The number of hydrogen-bond acceptors (Lipinski definition) is 7. The fourth-order valence-electron chi connectivity index (χ4n) is 2.87. The minimum absolute atomic E-state index is 0.253. The second-order valence-corrected chi connectivity index (χ2v) is 6.25. The van der Waals surface area contributed by atoms with Gasteiger partial charge in [0.1, 0.15) is 23.7 Å². The molecule has 1 aromatic carbocycles. The summed E-state index contributed by atoms with van der Waals surface area (Å²) in [5, 5.41) is 2.78. The number of aromatic nitrogens is 4. The van der Waals surface area contributed by atoms with Crippen molar-refractivity contribution in [2.24, 2.45) is 0 Å². The lowest BCUT2D eigenvalue weighted by Crippen LogP contribution is -2.44. The minimum atomic E-state index is -0.341. The lowest BCUT2D eigenvalue weighted by atomic mass is 10.3. The van der Waals surface area contributed by atoms with Crippen molar-refractivity contribution in [3.63, 3.8) is 0 Å². The number of piperazine rings is 1. The Kier molecular flexibility index (Phi) is 4.40. The van der Waals surface area contributed by atoms with Gasteiger partial charge in [0.2, 0.25) is 0 Å². The van der Waals surface area contributed by atoms with E-state index in [0.717, 1.165) is 37.5 Å². The lowest BCUT2D eigenvalue weighted by molar-refractivity contribution is 0.102. The van der Waals surface area contributed by atoms with Crippen LogP contribution < -0.4 is 10.2 Å². The van der Waals surface area contributed by atoms with E-state index in [1.165, 1.54) is 12.5 Å². The van der Waals surface area contributed by atoms with E-state index < -0.39 is 0 Å². The molecular weight excluding hydrogens is 330 g/mol. The van der Waals surface area contributed by atoms with E-state index in [1.807, 2.05) is 24.3 Å². The number of rotatable bonds is 3. The van der Waals surface area contributed by atoms with Crippen LogP contribution >= 0.6 is 0 Å². The van der Waals surface area contributed by atoms with Crippen LogP contribution in [-0.2, 0) is 0 Å². The Balaban J connectivity index is 1.51. The largest absolute Gasteiger partial charge is 0.354 e. The molecule has 1 aliphatic rings. The quantitative estimate of drug-likeness (QED) is 0.765. The first kappa shape index (κ1) is 16.3. The van der Waals surface area contributed by atoms with E-state index in [4.69, 9.17) is 0 Å². The summed E-state index contributed by atoms with van der Waals surface area (Å²) in [5.74, 6) is 0.924. The highest BCUT2D eigenvalue weighted by Crippen LogP contribution is 2.16. The van der Waals surface area contributed by atoms with Crippen LogP contribution in [0.5, 0.6) is 0 Å². The average Bonchev–Trinajstić information content (AvgIpc) is 2.68. The van der Waals surface area contributed by atoms with Gasteiger partial charge in [-0.15, -0.1) is 0 Å². The van der Waals surface area contributed by atoms with Crippen molar-refractivity contribution in [3.05, 3.63) is 48.5 Å². The van der Waals surface area contributed by atoms with Gasteiger partial charge in [-0.2, -0.15) is 0 Å². The third-order valence-electron chi connectivity index (χ3n) is 4.40. The maximum Gasteiger partial charge on any atom is 0.277 e. The Bertz CT molecular complexity index is 937. The fourth-order valence-corrected chi connectivity index (χ4v) is 2.87. The zero-order chi connectivity index (χ0) is 17.9. The second-order valence-electron chi connectivity index (χ2n) is 6.25. The smallest absolute Gasteiger partial charge is 0.277 e. The molecule has 8 nitrogen and oxygen atoms in total. The molecule has 0 atom stereocenters. The van der Waals surface area contributed by atoms with Crippen LogP contribution in [0.2, 0.25) is 0 Å². The molecule has 1 fully saturated rings. The highest BCUT2D eigenvalue weighted by atomic mass is 16.1. The van der Waals surface area contributed by atoms with Crippen molar-refractivity contribution >= 4 is 28.6 Å². The van der Waals surface area contributed by atoms with Gasteiger partial charge in [-0.25, -0.2) is 15.0 Å². The van der Waals surface area contributed by atoms with E-state index in [-0.39, 0.29) is 11.6 Å². The van der Waals surface area contributed by atoms with Gasteiger partial charge in [-0.1, -0.05) is 12.1 Å². The number of likely N-dealkylation sites (N-methyl/N-ethyl adjacent to an activating group) is 1. The van der Waals surface area contributed by atoms with Crippen LogP contribution in [0.25, 0.3) is 11.0 Å². The van der Waals surface area contributed by atoms with Gasteiger partial charge in [0, 0.05) is 32.2 Å². The summed E-state index contributed by atoms with van der Waals surface area (Å²) in [5.41, 5.74) is 1.69. The SMILES string of the molecule is CN1CCN(c2cc(NC(=O)c3cnc4ccccc4n3)ncn2)CC1. The van der Waals surface area contributed by atoms with Crippen LogP contribution in [0.3, 0.4) is 0 Å². The predicted octanol–water partition coefficient (Wildman–Crippen LogP) is 1.42. The average molecular weight is 349 g/mol. The maximum absolute atomic E-state index is 12.5. The van der Waals surface area contributed by atoms with E-state index in [9.17, 15) is 4.79 Å². The van der Waals surface area contributed by atoms with Gasteiger partial charge in [-0.3, -0.25) is 9.78 Å². The Morgan fingerprint density at radius 2 is 1.81 bits per heavy atom. The Morgan fingerprint density at radius 3 is 2.62 bits per heavy atom. The second kappa shape index (κ2) is 7.01. The molecule has 1 N–H and O–H groups in total. The predicted molar refractivity (Wildman–Crippen MR) is 99.2 cm³/mol. The van der Waals surface area contributed by atoms with E-state index in [1.54, 1.807) is 6.07 Å². The molecule has 0 spiro atoms. The summed E-state index contributed by atoms with van der Waals surface area (Å²) in [6.45, 7) is 3.77. The maximum atomic E-state index is 12.5. The number of hydrogen-bond donors (Lipinski definition) is 1. The van der Waals surface area contributed by atoms with Crippen molar-refractivity contribution < 1.29 is 4.79 Å². The zero-order valence-electron chi connectivity index (χ0n) is 14.5. The van der Waals surface area contributed by atoms with Crippen molar-refractivity contribution in [1.82, 2.24) is 24.8 Å².